The normalized spacial score (nSPS) is 27.5. The van der Waals surface area contributed by atoms with Crippen molar-refractivity contribution >= 4 is 43.6 Å². The molecule has 2 heterocycles. The van der Waals surface area contributed by atoms with E-state index in [9.17, 15) is 27.6 Å². The summed E-state index contributed by atoms with van der Waals surface area (Å²) in [5.74, 6) is -2.55. The fourth-order valence-electron chi connectivity index (χ4n) is 2.47. The van der Waals surface area contributed by atoms with Gasteiger partial charge in [0.2, 0.25) is 9.05 Å². The van der Waals surface area contributed by atoms with Crippen LogP contribution in [-0.2, 0) is 18.6 Å². The van der Waals surface area contributed by atoms with Crippen molar-refractivity contribution in [3.63, 3.8) is 0 Å². The summed E-state index contributed by atoms with van der Waals surface area (Å²) in [6, 6.07) is -1.64. The lowest BCUT2D eigenvalue weighted by Crippen LogP contribution is -2.60. The first-order chi connectivity index (χ1) is 10.3. The molecule has 23 heavy (non-hydrogen) atoms. The number of halogens is 1. The van der Waals surface area contributed by atoms with Crippen LogP contribution in [0.3, 0.4) is 0 Å². The standard InChI is InChI=1S/C11H15ClN4O6S/c1-10(2)7(18)16(9(20)15(10)3)4-11(5-23(12,21)22)6(17)13-8(19)14-11/h4-5H2,1-3H3,(H2,13,14,17,19). The average molecular weight is 367 g/mol. The minimum Gasteiger partial charge on any atom is -0.321 e. The molecule has 6 amide bonds. The maximum absolute atomic E-state index is 12.4. The smallest absolute Gasteiger partial charge is 0.321 e. The van der Waals surface area contributed by atoms with Gasteiger partial charge in [-0.3, -0.25) is 19.8 Å². The average Bonchev–Trinajstić information content (AvgIpc) is 2.71. The summed E-state index contributed by atoms with van der Waals surface area (Å²) < 4.78 is 22.8. The van der Waals surface area contributed by atoms with Gasteiger partial charge in [-0.2, -0.15) is 0 Å². The van der Waals surface area contributed by atoms with Crippen molar-refractivity contribution in [2.24, 2.45) is 0 Å². The molecule has 2 saturated heterocycles. The van der Waals surface area contributed by atoms with Crippen LogP contribution in [-0.4, -0.2) is 72.5 Å². The molecule has 0 aromatic carbocycles. The zero-order valence-corrected chi connectivity index (χ0v) is 14.1. The molecule has 1 atom stereocenters. The number of carbonyl (C=O) groups excluding carboxylic acids is 4. The number of hydrogen-bond acceptors (Lipinski definition) is 6. The van der Waals surface area contributed by atoms with Crippen LogP contribution in [0.25, 0.3) is 0 Å². The number of hydrogen-bond donors (Lipinski definition) is 2. The van der Waals surface area contributed by atoms with E-state index in [0.717, 1.165) is 9.80 Å². The van der Waals surface area contributed by atoms with E-state index in [1.165, 1.54) is 20.9 Å². The first kappa shape index (κ1) is 17.5. The van der Waals surface area contributed by atoms with Crippen LogP contribution in [0.1, 0.15) is 13.8 Å². The predicted octanol–water partition coefficient (Wildman–Crippen LogP) is -1.19. The molecular formula is C11H15ClN4O6S. The van der Waals surface area contributed by atoms with Gasteiger partial charge in [0, 0.05) is 17.7 Å². The van der Waals surface area contributed by atoms with E-state index in [2.05, 4.69) is 5.32 Å². The molecule has 2 N–H and O–H groups in total. The van der Waals surface area contributed by atoms with Gasteiger partial charge in [-0.05, 0) is 13.8 Å². The van der Waals surface area contributed by atoms with E-state index >= 15 is 0 Å². The number of carbonyl (C=O) groups is 4. The lowest BCUT2D eigenvalue weighted by atomic mass is 10.0. The van der Waals surface area contributed by atoms with E-state index in [0.29, 0.717) is 0 Å². The third-order valence-corrected chi connectivity index (χ3v) is 5.15. The van der Waals surface area contributed by atoms with Crippen molar-refractivity contribution in [2.45, 2.75) is 24.9 Å². The molecule has 0 aliphatic carbocycles. The number of likely N-dealkylation sites (N-methyl/N-ethyl adjacent to an activating group) is 1. The monoisotopic (exact) mass is 366 g/mol. The van der Waals surface area contributed by atoms with E-state index < -0.39 is 56.3 Å². The van der Waals surface area contributed by atoms with Crippen LogP contribution < -0.4 is 10.6 Å². The van der Waals surface area contributed by atoms with Gasteiger partial charge in [-0.25, -0.2) is 18.0 Å². The van der Waals surface area contributed by atoms with Crippen LogP contribution >= 0.6 is 10.7 Å². The molecule has 0 radical (unpaired) electrons. The zero-order chi connectivity index (χ0) is 17.8. The van der Waals surface area contributed by atoms with Gasteiger partial charge >= 0.3 is 12.1 Å². The van der Waals surface area contributed by atoms with Crippen LogP contribution in [0.5, 0.6) is 0 Å². The lowest BCUT2D eigenvalue weighted by molar-refractivity contribution is -0.133. The second kappa shape index (κ2) is 5.06. The maximum Gasteiger partial charge on any atom is 0.327 e. The van der Waals surface area contributed by atoms with Gasteiger partial charge in [0.05, 0.1) is 12.3 Å². The van der Waals surface area contributed by atoms with Crippen LogP contribution in [0.15, 0.2) is 0 Å². The summed E-state index contributed by atoms with van der Waals surface area (Å²) in [5, 5.41) is 4.05. The molecule has 2 aliphatic rings. The Morgan fingerprint density at radius 1 is 1.17 bits per heavy atom. The Kier molecular flexibility index (Phi) is 3.85. The van der Waals surface area contributed by atoms with Gasteiger partial charge in [-0.15, -0.1) is 0 Å². The summed E-state index contributed by atoms with van der Waals surface area (Å²) in [6.45, 7) is 2.37. The highest BCUT2D eigenvalue weighted by Crippen LogP contribution is 2.28. The van der Waals surface area contributed by atoms with Crippen LogP contribution in [0.4, 0.5) is 9.59 Å². The summed E-state index contributed by atoms with van der Waals surface area (Å²) >= 11 is 0. The van der Waals surface area contributed by atoms with E-state index in [1.54, 1.807) is 0 Å². The van der Waals surface area contributed by atoms with Gasteiger partial charge in [0.15, 0.2) is 5.54 Å². The Morgan fingerprint density at radius 3 is 2.09 bits per heavy atom. The van der Waals surface area contributed by atoms with Gasteiger partial charge in [0.1, 0.15) is 5.54 Å². The van der Waals surface area contributed by atoms with E-state index in [1.807, 2.05) is 5.32 Å². The fraction of sp³-hybridized carbons (Fsp3) is 0.636. The molecule has 0 aromatic rings. The minimum atomic E-state index is -4.21. The highest BCUT2D eigenvalue weighted by molar-refractivity contribution is 8.13. The Hall–Kier alpha value is -1.88. The molecule has 0 aromatic heterocycles. The second-order valence-corrected chi connectivity index (χ2v) is 8.74. The highest BCUT2D eigenvalue weighted by Gasteiger charge is 2.56. The quantitative estimate of drug-likeness (QED) is 0.474. The van der Waals surface area contributed by atoms with E-state index in [4.69, 9.17) is 10.7 Å². The first-order valence-electron chi connectivity index (χ1n) is 6.46. The molecule has 1 unspecified atom stereocenters. The number of urea groups is 2. The highest BCUT2D eigenvalue weighted by atomic mass is 35.7. The molecule has 0 spiro atoms. The Morgan fingerprint density at radius 2 is 1.74 bits per heavy atom. The molecule has 2 aliphatic heterocycles. The number of rotatable bonds is 4. The van der Waals surface area contributed by atoms with Gasteiger partial charge in [0.25, 0.3) is 11.8 Å². The summed E-state index contributed by atoms with van der Waals surface area (Å²) in [4.78, 5) is 49.9. The van der Waals surface area contributed by atoms with Crippen molar-refractivity contribution in [3.8, 4) is 0 Å². The van der Waals surface area contributed by atoms with Crippen molar-refractivity contribution in [1.29, 1.82) is 0 Å². The Bertz CT molecular complexity index is 720. The van der Waals surface area contributed by atoms with Crippen molar-refractivity contribution in [2.75, 3.05) is 19.3 Å². The second-order valence-electron chi connectivity index (χ2n) is 5.97. The third-order valence-electron chi connectivity index (χ3n) is 3.99. The first-order valence-corrected chi connectivity index (χ1v) is 8.94. The predicted molar refractivity (Wildman–Crippen MR) is 78.0 cm³/mol. The number of nitrogens with one attached hydrogen (secondary N) is 2. The molecular weight excluding hydrogens is 352 g/mol. The van der Waals surface area contributed by atoms with E-state index in [-0.39, 0.29) is 0 Å². The molecule has 2 fully saturated rings. The minimum absolute atomic E-state index is 0.620. The number of nitrogens with zero attached hydrogens (tertiary/aromatic N) is 2. The van der Waals surface area contributed by atoms with Crippen LogP contribution in [0, 0.1) is 0 Å². The van der Waals surface area contributed by atoms with Crippen molar-refractivity contribution in [3.05, 3.63) is 0 Å². The molecule has 128 valence electrons. The topological polar surface area (TPSA) is 133 Å². The van der Waals surface area contributed by atoms with Crippen molar-refractivity contribution in [1.82, 2.24) is 20.4 Å². The summed E-state index contributed by atoms with van der Waals surface area (Å²) in [5.41, 5.74) is -3.18. The summed E-state index contributed by atoms with van der Waals surface area (Å²) in [6.07, 6.45) is 0. The molecule has 0 bridgehead atoms. The van der Waals surface area contributed by atoms with Crippen LogP contribution in [0.2, 0.25) is 0 Å². The Labute approximate surface area is 136 Å². The largest absolute Gasteiger partial charge is 0.327 e. The van der Waals surface area contributed by atoms with Crippen molar-refractivity contribution < 1.29 is 27.6 Å². The maximum atomic E-state index is 12.4. The zero-order valence-electron chi connectivity index (χ0n) is 12.5. The molecule has 12 heteroatoms. The van der Waals surface area contributed by atoms with Gasteiger partial charge < -0.3 is 10.2 Å². The lowest BCUT2D eigenvalue weighted by Gasteiger charge is -2.28. The fourth-order valence-corrected chi connectivity index (χ4v) is 3.91. The summed E-state index contributed by atoms with van der Waals surface area (Å²) in [7, 11) is 2.39. The molecule has 10 nitrogen and oxygen atoms in total. The molecule has 0 saturated carbocycles. The third kappa shape index (κ3) is 2.85. The SMILES string of the molecule is CN1C(=O)N(CC2(CS(=O)(=O)Cl)NC(=O)NC2=O)C(=O)C1(C)C. The Balaban J connectivity index is 2.40. The van der Waals surface area contributed by atoms with Gasteiger partial charge in [-0.1, -0.05) is 0 Å². The number of amides is 6. The number of imide groups is 2. The molecule has 2 rings (SSSR count).